The zero-order valence-electron chi connectivity index (χ0n) is 11.0. The molecule has 0 amide bonds. The van der Waals surface area contributed by atoms with Gasteiger partial charge in [0.15, 0.2) is 6.29 Å². The van der Waals surface area contributed by atoms with Crippen molar-refractivity contribution in [1.82, 2.24) is 0 Å². The van der Waals surface area contributed by atoms with Gasteiger partial charge < -0.3 is 14.6 Å². The van der Waals surface area contributed by atoms with Gasteiger partial charge in [0, 0.05) is 0 Å². The summed E-state index contributed by atoms with van der Waals surface area (Å²) in [7, 11) is 0. The second kappa shape index (κ2) is 5.23. The Balaban J connectivity index is 1.93. The van der Waals surface area contributed by atoms with Crippen LogP contribution in [0.15, 0.2) is 48.6 Å². The van der Waals surface area contributed by atoms with Gasteiger partial charge in [-0.1, -0.05) is 48.6 Å². The Morgan fingerprint density at radius 3 is 2.55 bits per heavy atom. The van der Waals surface area contributed by atoms with E-state index in [2.05, 4.69) is 0 Å². The molecule has 104 valence electrons. The molecule has 1 aromatic rings. The van der Waals surface area contributed by atoms with E-state index in [1.807, 2.05) is 36.4 Å². The summed E-state index contributed by atoms with van der Waals surface area (Å²) in [4.78, 5) is 11.8. The maximum atomic E-state index is 11.8. The first kappa shape index (κ1) is 13.1. The highest BCUT2D eigenvalue weighted by molar-refractivity contribution is 5.83. The van der Waals surface area contributed by atoms with Gasteiger partial charge in [-0.2, -0.15) is 0 Å². The number of rotatable bonds is 3. The van der Waals surface area contributed by atoms with E-state index in [1.54, 1.807) is 12.2 Å². The van der Waals surface area contributed by atoms with Crippen LogP contribution < -0.4 is 0 Å². The normalized spacial score (nSPS) is 26.5. The molecule has 0 bridgehead atoms. The highest BCUT2D eigenvalue weighted by Crippen LogP contribution is 2.42. The SMILES string of the molecule is O=C(O)C1(C2OCCO2)C=CC=C(c2ccccc2)C1. The third kappa shape index (κ3) is 2.17. The molecule has 4 heteroatoms. The van der Waals surface area contributed by atoms with Crippen molar-refractivity contribution in [3.63, 3.8) is 0 Å². The van der Waals surface area contributed by atoms with Gasteiger partial charge in [0.05, 0.1) is 13.2 Å². The van der Waals surface area contributed by atoms with Crippen LogP contribution in [0.3, 0.4) is 0 Å². The van der Waals surface area contributed by atoms with Crippen molar-refractivity contribution < 1.29 is 19.4 Å². The Kier molecular flexibility index (Phi) is 3.42. The van der Waals surface area contributed by atoms with Crippen LogP contribution in [0.5, 0.6) is 0 Å². The third-order valence-corrected chi connectivity index (χ3v) is 3.76. The number of carboxylic acids is 1. The lowest BCUT2D eigenvalue weighted by molar-refractivity contribution is -0.170. The van der Waals surface area contributed by atoms with Gasteiger partial charge >= 0.3 is 5.97 Å². The molecule has 1 unspecified atom stereocenters. The first-order chi connectivity index (χ1) is 9.72. The molecule has 2 aliphatic rings. The quantitative estimate of drug-likeness (QED) is 0.918. The Labute approximate surface area is 117 Å². The van der Waals surface area contributed by atoms with E-state index in [-0.39, 0.29) is 0 Å². The Morgan fingerprint density at radius 1 is 1.20 bits per heavy atom. The van der Waals surface area contributed by atoms with Crippen LogP contribution >= 0.6 is 0 Å². The molecule has 3 rings (SSSR count). The summed E-state index contributed by atoms with van der Waals surface area (Å²) in [6.45, 7) is 0.885. The van der Waals surface area contributed by atoms with E-state index in [9.17, 15) is 9.90 Å². The number of aliphatic carboxylic acids is 1. The van der Waals surface area contributed by atoms with Gasteiger partial charge in [-0.25, -0.2) is 0 Å². The Morgan fingerprint density at radius 2 is 1.90 bits per heavy atom. The zero-order valence-corrected chi connectivity index (χ0v) is 11.0. The van der Waals surface area contributed by atoms with Crippen LogP contribution in [0.1, 0.15) is 12.0 Å². The molecule has 1 fully saturated rings. The van der Waals surface area contributed by atoms with Crippen LogP contribution in [0, 0.1) is 5.41 Å². The monoisotopic (exact) mass is 272 g/mol. The number of carboxylic acid groups (broad SMARTS) is 1. The minimum Gasteiger partial charge on any atom is -0.480 e. The lowest BCUT2D eigenvalue weighted by atomic mass is 9.76. The predicted octanol–water partition coefficient (Wildman–Crippen LogP) is 2.47. The summed E-state index contributed by atoms with van der Waals surface area (Å²) < 4.78 is 10.9. The molecule has 1 aliphatic carbocycles. The van der Waals surface area contributed by atoms with Gasteiger partial charge in [0.2, 0.25) is 0 Å². The fourth-order valence-electron chi connectivity index (χ4n) is 2.68. The van der Waals surface area contributed by atoms with Crippen LogP contribution in [0.2, 0.25) is 0 Å². The maximum absolute atomic E-state index is 11.8. The van der Waals surface area contributed by atoms with Crippen molar-refractivity contribution >= 4 is 11.5 Å². The number of hydrogen-bond acceptors (Lipinski definition) is 3. The largest absolute Gasteiger partial charge is 0.480 e. The molecule has 0 radical (unpaired) electrons. The van der Waals surface area contributed by atoms with Gasteiger partial charge in [-0.05, 0) is 17.6 Å². The average Bonchev–Trinajstić information content (AvgIpc) is 3.03. The number of benzene rings is 1. The third-order valence-electron chi connectivity index (χ3n) is 3.76. The van der Waals surface area contributed by atoms with Gasteiger partial charge in [-0.15, -0.1) is 0 Å². The van der Waals surface area contributed by atoms with Gasteiger partial charge in [-0.3, -0.25) is 4.79 Å². The summed E-state index contributed by atoms with van der Waals surface area (Å²) >= 11 is 0. The molecule has 1 N–H and O–H groups in total. The van der Waals surface area contributed by atoms with E-state index >= 15 is 0 Å². The standard InChI is InChI=1S/C16H16O4/c17-14(18)16(15-19-9-10-20-15)8-4-7-13(11-16)12-5-2-1-3-6-12/h1-8,15H,9-11H2,(H,17,18). The Bertz CT molecular complexity index is 555. The minimum atomic E-state index is -1.14. The van der Waals surface area contributed by atoms with Crippen LogP contribution in [-0.2, 0) is 14.3 Å². The predicted molar refractivity (Wildman–Crippen MR) is 73.9 cm³/mol. The number of ether oxygens (including phenoxy) is 2. The molecular formula is C16H16O4. The first-order valence-corrected chi connectivity index (χ1v) is 6.63. The number of hydrogen-bond donors (Lipinski definition) is 1. The zero-order chi connectivity index (χ0) is 14.0. The Hall–Kier alpha value is -1.91. The molecule has 1 heterocycles. The topological polar surface area (TPSA) is 55.8 Å². The van der Waals surface area contributed by atoms with E-state index in [0.29, 0.717) is 19.6 Å². The van der Waals surface area contributed by atoms with Crippen LogP contribution in [0.4, 0.5) is 0 Å². The van der Waals surface area contributed by atoms with Crippen molar-refractivity contribution in [2.75, 3.05) is 13.2 Å². The van der Waals surface area contributed by atoms with Crippen LogP contribution in [0.25, 0.3) is 5.57 Å². The first-order valence-electron chi connectivity index (χ1n) is 6.63. The lowest BCUT2D eigenvalue weighted by Gasteiger charge is -2.33. The highest BCUT2D eigenvalue weighted by Gasteiger charge is 2.48. The fourth-order valence-corrected chi connectivity index (χ4v) is 2.68. The van der Waals surface area contributed by atoms with Crippen molar-refractivity contribution in [3.8, 4) is 0 Å². The number of allylic oxidation sites excluding steroid dienone is 3. The summed E-state index contributed by atoms with van der Waals surface area (Å²) in [5.74, 6) is -0.915. The second-order valence-electron chi connectivity index (χ2n) is 5.01. The maximum Gasteiger partial charge on any atom is 0.319 e. The van der Waals surface area contributed by atoms with Gasteiger partial charge in [0.1, 0.15) is 5.41 Å². The number of carbonyl (C=O) groups is 1. The molecular weight excluding hydrogens is 256 g/mol. The second-order valence-corrected chi connectivity index (χ2v) is 5.01. The van der Waals surface area contributed by atoms with E-state index < -0.39 is 17.7 Å². The lowest BCUT2D eigenvalue weighted by Crippen LogP contribution is -2.42. The molecule has 1 saturated heterocycles. The highest BCUT2D eigenvalue weighted by atomic mass is 16.7. The van der Waals surface area contributed by atoms with Gasteiger partial charge in [0.25, 0.3) is 0 Å². The smallest absolute Gasteiger partial charge is 0.319 e. The molecule has 1 aromatic carbocycles. The van der Waals surface area contributed by atoms with Crippen molar-refractivity contribution in [1.29, 1.82) is 0 Å². The molecule has 4 nitrogen and oxygen atoms in total. The summed E-state index contributed by atoms with van der Waals surface area (Å²) in [6, 6.07) is 9.79. The van der Waals surface area contributed by atoms with Crippen molar-refractivity contribution in [2.45, 2.75) is 12.7 Å². The molecule has 0 aromatic heterocycles. The van der Waals surface area contributed by atoms with E-state index in [1.165, 1.54) is 0 Å². The fraction of sp³-hybridized carbons (Fsp3) is 0.312. The average molecular weight is 272 g/mol. The van der Waals surface area contributed by atoms with Crippen LogP contribution in [-0.4, -0.2) is 30.6 Å². The van der Waals surface area contributed by atoms with E-state index in [4.69, 9.17) is 9.47 Å². The minimum absolute atomic E-state index is 0.369. The molecule has 0 spiro atoms. The van der Waals surface area contributed by atoms with Crippen molar-refractivity contribution in [2.24, 2.45) is 5.41 Å². The molecule has 1 aliphatic heterocycles. The summed E-state index contributed by atoms with van der Waals surface area (Å²) in [5, 5.41) is 9.68. The van der Waals surface area contributed by atoms with Crippen molar-refractivity contribution in [3.05, 3.63) is 54.1 Å². The summed E-state index contributed by atoms with van der Waals surface area (Å²) in [6.07, 6.45) is 5.06. The summed E-state index contributed by atoms with van der Waals surface area (Å²) in [5.41, 5.74) is 0.867. The molecule has 20 heavy (non-hydrogen) atoms. The molecule has 0 saturated carbocycles. The molecule has 1 atom stereocenters. The van der Waals surface area contributed by atoms with E-state index in [0.717, 1.165) is 11.1 Å².